The molecule has 1 amide bonds. The molecule has 6 nitrogen and oxygen atoms in total. The van der Waals surface area contributed by atoms with Crippen LogP contribution < -0.4 is 5.32 Å². The van der Waals surface area contributed by atoms with Gasteiger partial charge in [0.15, 0.2) is 0 Å². The molecular weight excluding hydrogens is 755 g/mol. The molecule has 2 atom stereocenters. The standard InChI is InChI=1S/C55H107NO5/c1-3-5-7-9-11-13-15-16-17-18-19-23-26-29-33-37-41-45-49-55(60)61-50-46-42-38-34-30-27-24-21-20-22-25-28-32-36-40-44-48-54(59)56-52(51-57)53(58)47-43-39-35-31-14-12-10-8-6-4-2/h20,22,52-53,57-58H,3-19,21,23-51H2,1-2H3,(H,56,59)/b22-20-. The Labute approximate surface area is 380 Å². The number of allylic oxidation sites excluding steroid dienone is 2. The van der Waals surface area contributed by atoms with Crippen LogP contribution in [0.4, 0.5) is 0 Å². The molecular formula is C55H107NO5. The first kappa shape index (κ1) is 59.6. The van der Waals surface area contributed by atoms with Crippen molar-refractivity contribution in [1.29, 1.82) is 0 Å². The Morgan fingerprint density at radius 1 is 0.443 bits per heavy atom. The van der Waals surface area contributed by atoms with Crippen LogP contribution in [0.5, 0.6) is 0 Å². The molecule has 61 heavy (non-hydrogen) atoms. The number of aliphatic hydroxyl groups is 2. The van der Waals surface area contributed by atoms with Gasteiger partial charge in [0, 0.05) is 12.8 Å². The SMILES string of the molecule is CCCCCCCCCCCCCCCCCCCCC(=O)OCCCCCCCCC/C=C\CCCCCCCC(=O)NC(CO)C(O)CCCCCCCCCCCC. The van der Waals surface area contributed by atoms with Crippen molar-refractivity contribution in [2.75, 3.05) is 13.2 Å². The largest absolute Gasteiger partial charge is 0.466 e. The topological polar surface area (TPSA) is 95.9 Å². The highest BCUT2D eigenvalue weighted by molar-refractivity contribution is 5.76. The van der Waals surface area contributed by atoms with Gasteiger partial charge in [-0.25, -0.2) is 0 Å². The van der Waals surface area contributed by atoms with Crippen LogP contribution in [0.3, 0.4) is 0 Å². The Morgan fingerprint density at radius 2 is 0.770 bits per heavy atom. The molecule has 0 saturated carbocycles. The Balaban J connectivity index is 3.41. The predicted octanol–water partition coefficient (Wildman–Crippen LogP) is 16.5. The van der Waals surface area contributed by atoms with E-state index in [4.69, 9.17) is 4.74 Å². The fourth-order valence-corrected chi connectivity index (χ4v) is 8.58. The summed E-state index contributed by atoms with van der Waals surface area (Å²) < 4.78 is 5.48. The lowest BCUT2D eigenvalue weighted by atomic mass is 10.0. The minimum absolute atomic E-state index is 0.00161. The van der Waals surface area contributed by atoms with Gasteiger partial charge in [0.1, 0.15) is 0 Å². The van der Waals surface area contributed by atoms with Gasteiger partial charge in [-0.05, 0) is 51.4 Å². The number of ether oxygens (including phenoxy) is 1. The second-order valence-corrected chi connectivity index (χ2v) is 18.9. The van der Waals surface area contributed by atoms with Gasteiger partial charge in [-0.2, -0.15) is 0 Å². The Hall–Kier alpha value is -1.40. The zero-order valence-electron chi connectivity index (χ0n) is 41.2. The molecule has 0 aromatic heterocycles. The number of amides is 1. The quantitative estimate of drug-likeness (QED) is 0.0322. The van der Waals surface area contributed by atoms with Crippen LogP contribution in [0.25, 0.3) is 0 Å². The average molecular weight is 862 g/mol. The van der Waals surface area contributed by atoms with Gasteiger partial charge in [0.25, 0.3) is 0 Å². The van der Waals surface area contributed by atoms with E-state index in [0.717, 1.165) is 64.2 Å². The van der Waals surface area contributed by atoms with E-state index in [1.807, 2.05) is 0 Å². The molecule has 6 heteroatoms. The number of hydrogen-bond acceptors (Lipinski definition) is 5. The number of unbranched alkanes of at least 4 members (excludes halogenated alkanes) is 38. The predicted molar refractivity (Wildman–Crippen MR) is 264 cm³/mol. The molecule has 0 heterocycles. The van der Waals surface area contributed by atoms with E-state index in [1.54, 1.807) is 0 Å². The molecule has 0 rings (SSSR count). The third-order valence-electron chi connectivity index (χ3n) is 12.8. The third kappa shape index (κ3) is 47.9. The maximum Gasteiger partial charge on any atom is 0.305 e. The molecule has 2 unspecified atom stereocenters. The molecule has 0 spiro atoms. The normalized spacial score (nSPS) is 12.7. The maximum absolute atomic E-state index is 12.4. The van der Waals surface area contributed by atoms with E-state index in [1.165, 1.54) is 205 Å². The van der Waals surface area contributed by atoms with Crippen LogP contribution in [0.15, 0.2) is 12.2 Å². The van der Waals surface area contributed by atoms with Gasteiger partial charge in [-0.15, -0.1) is 0 Å². The summed E-state index contributed by atoms with van der Waals surface area (Å²) in [7, 11) is 0. The van der Waals surface area contributed by atoms with Crippen LogP contribution >= 0.6 is 0 Å². The van der Waals surface area contributed by atoms with Crippen molar-refractivity contribution in [3.05, 3.63) is 12.2 Å². The summed E-state index contributed by atoms with van der Waals surface area (Å²) in [5, 5.41) is 23.1. The van der Waals surface area contributed by atoms with Gasteiger partial charge in [0.05, 0.1) is 25.4 Å². The molecule has 3 N–H and O–H groups in total. The lowest BCUT2D eigenvalue weighted by Crippen LogP contribution is -2.45. The summed E-state index contributed by atoms with van der Waals surface area (Å²) in [5.74, 6) is -0.0513. The summed E-state index contributed by atoms with van der Waals surface area (Å²) in [6.45, 7) is 4.93. The smallest absolute Gasteiger partial charge is 0.305 e. The van der Waals surface area contributed by atoms with Crippen molar-refractivity contribution in [1.82, 2.24) is 5.32 Å². The molecule has 0 fully saturated rings. The minimum Gasteiger partial charge on any atom is -0.466 e. The van der Waals surface area contributed by atoms with Crippen LogP contribution in [0.2, 0.25) is 0 Å². The molecule has 0 aliphatic carbocycles. The molecule has 0 aromatic carbocycles. The van der Waals surface area contributed by atoms with E-state index in [0.29, 0.717) is 25.9 Å². The fraction of sp³-hybridized carbons (Fsp3) is 0.927. The monoisotopic (exact) mass is 862 g/mol. The average Bonchev–Trinajstić information content (AvgIpc) is 3.26. The highest BCUT2D eigenvalue weighted by atomic mass is 16.5. The van der Waals surface area contributed by atoms with Crippen molar-refractivity contribution in [2.45, 2.75) is 315 Å². The van der Waals surface area contributed by atoms with E-state index >= 15 is 0 Å². The Kier molecular flexibility index (Phi) is 50.1. The Morgan fingerprint density at radius 3 is 1.16 bits per heavy atom. The van der Waals surface area contributed by atoms with E-state index in [9.17, 15) is 19.8 Å². The first-order chi connectivity index (χ1) is 30.0. The van der Waals surface area contributed by atoms with Crippen LogP contribution in [-0.4, -0.2) is 47.4 Å². The summed E-state index contributed by atoms with van der Waals surface area (Å²) >= 11 is 0. The maximum atomic E-state index is 12.4. The Bertz CT molecular complexity index is 909. The molecule has 0 aliphatic rings. The molecule has 0 aliphatic heterocycles. The van der Waals surface area contributed by atoms with E-state index in [2.05, 4.69) is 31.3 Å². The number of rotatable bonds is 51. The fourth-order valence-electron chi connectivity index (χ4n) is 8.58. The van der Waals surface area contributed by atoms with Gasteiger partial charge >= 0.3 is 5.97 Å². The number of esters is 1. The van der Waals surface area contributed by atoms with Crippen molar-refractivity contribution < 1.29 is 24.5 Å². The van der Waals surface area contributed by atoms with E-state index in [-0.39, 0.29) is 18.5 Å². The summed E-state index contributed by atoms with van der Waals surface area (Å²) in [6.07, 6.45) is 59.1. The second kappa shape index (κ2) is 51.2. The first-order valence-electron chi connectivity index (χ1n) is 27.4. The lowest BCUT2D eigenvalue weighted by Gasteiger charge is -2.22. The van der Waals surface area contributed by atoms with Gasteiger partial charge in [-0.1, -0.05) is 251 Å². The molecule has 0 radical (unpaired) electrons. The zero-order valence-corrected chi connectivity index (χ0v) is 41.2. The van der Waals surface area contributed by atoms with Gasteiger partial charge in [0.2, 0.25) is 5.91 Å². The summed E-state index contributed by atoms with van der Waals surface area (Å²) in [4.78, 5) is 24.5. The minimum atomic E-state index is -0.672. The van der Waals surface area contributed by atoms with Gasteiger partial charge in [-0.3, -0.25) is 9.59 Å². The molecule has 362 valence electrons. The van der Waals surface area contributed by atoms with Gasteiger partial charge < -0.3 is 20.3 Å². The third-order valence-corrected chi connectivity index (χ3v) is 12.8. The number of carbonyl (C=O) groups excluding carboxylic acids is 2. The van der Waals surface area contributed by atoms with Crippen molar-refractivity contribution in [3.8, 4) is 0 Å². The molecule has 0 saturated heterocycles. The van der Waals surface area contributed by atoms with E-state index < -0.39 is 12.1 Å². The van der Waals surface area contributed by atoms with Crippen LogP contribution in [-0.2, 0) is 14.3 Å². The highest BCUT2D eigenvalue weighted by Crippen LogP contribution is 2.17. The molecule has 0 aromatic rings. The molecule has 0 bridgehead atoms. The number of nitrogens with one attached hydrogen (secondary N) is 1. The first-order valence-corrected chi connectivity index (χ1v) is 27.4. The van der Waals surface area contributed by atoms with Crippen LogP contribution in [0.1, 0.15) is 303 Å². The lowest BCUT2D eigenvalue weighted by molar-refractivity contribution is -0.143. The summed E-state index contributed by atoms with van der Waals surface area (Å²) in [6, 6.07) is -0.551. The van der Waals surface area contributed by atoms with Crippen molar-refractivity contribution in [3.63, 3.8) is 0 Å². The number of aliphatic hydroxyl groups excluding tert-OH is 2. The van der Waals surface area contributed by atoms with Crippen LogP contribution in [0, 0.1) is 0 Å². The summed E-state index contributed by atoms with van der Waals surface area (Å²) in [5.41, 5.74) is 0. The number of carbonyl (C=O) groups is 2. The van der Waals surface area contributed by atoms with Crippen molar-refractivity contribution >= 4 is 11.9 Å². The highest BCUT2D eigenvalue weighted by Gasteiger charge is 2.20. The second-order valence-electron chi connectivity index (χ2n) is 18.9. The zero-order chi connectivity index (χ0) is 44.4. The van der Waals surface area contributed by atoms with Crippen molar-refractivity contribution in [2.24, 2.45) is 0 Å². The number of hydrogen-bond donors (Lipinski definition) is 3.